The number of nitriles is 1. The fourth-order valence-electron chi connectivity index (χ4n) is 2.10. The maximum Gasteiger partial charge on any atom is 0.101 e. The van der Waals surface area contributed by atoms with E-state index in [1.165, 1.54) is 0 Å². The predicted octanol–water partition coefficient (Wildman–Crippen LogP) is 2.72. The number of hydrogen-bond donors (Lipinski definition) is 0. The Kier molecular flexibility index (Phi) is 6.12. The number of nitrogens with zero attached hydrogens (tertiary/aromatic N) is 3. The quantitative estimate of drug-likeness (QED) is 0.801. The van der Waals surface area contributed by atoms with Crippen LogP contribution in [0.1, 0.15) is 44.5 Å². The average Bonchev–Trinajstić information content (AvgIpc) is 2.41. The van der Waals surface area contributed by atoms with E-state index in [0.717, 1.165) is 30.9 Å². The van der Waals surface area contributed by atoms with E-state index in [1.54, 1.807) is 7.11 Å². The first kappa shape index (κ1) is 16.6. The topological polar surface area (TPSA) is 49.1 Å². The molecule has 0 bridgehead atoms. The largest absolute Gasteiger partial charge is 0.383 e. The van der Waals surface area contributed by atoms with Crippen LogP contribution in [-0.4, -0.2) is 36.7 Å². The number of likely N-dealkylation sites (N-methyl/N-ethyl adjacent to an activating group) is 1. The van der Waals surface area contributed by atoms with Crippen molar-refractivity contribution in [3.8, 4) is 6.07 Å². The molecule has 0 aromatic carbocycles. The fourth-order valence-corrected chi connectivity index (χ4v) is 2.10. The van der Waals surface area contributed by atoms with Gasteiger partial charge in [-0.3, -0.25) is 9.88 Å². The molecule has 0 aliphatic rings. The first-order valence-corrected chi connectivity index (χ1v) is 7.03. The van der Waals surface area contributed by atoms with Gasteiger partial charge in [0.2, 0.25) is 0 Å². The zero-order valence-corrected chi connectivity index (χ0v) is 13.2. The van der Waals surface area contributed by atoms with Crippen LogP contribution in [0.2, 0.25) is 0 Å². The molecule has 0 saturated heterocycles. The van der Waals surface area contributed by atoms with E-state index in [-0.39, 0.29) is 5.41 Å². The number of aromatic nitrogens is 1. The lowest BCUT2D eigenvalue weighted by atomic mass is 9.88. The number of hydrogen-bond acceptors (Lipinski definition) is 4. The van der Waals surface area contributed by atoms with Crippen molar-refractivity contribution in [3.63, 3.8) is 0 Å². The second kappa shape index (κ2) is 7.37. The summed E-state index contributed by atoms with van der Waals surface area (Å²) in [6.45, 7) is 11.7. The van der Waals surface area contributed by atoms with Crippen LogP contribution >= 0.6 is 0 Å². The summed E-state index contributed by atoms with van der Waals surface area (Å²) in [5, 5.41) is 9.32. The van der Waals surface area contributed by atoms with Crippen molar-refractivity contribution < 1.29 is 4.74 Å². The SMILES string of the molecule is CCN(CCOC)Cc1cnc(C(C)(C)C)c(C#N)c1. The third-order valence-corrected chi connectivity index (χ3v) is 3.24. The Morgan fingerprint density at radius 2 is 2.10 bits per heavy atom. The van der Waals surface area contributed by atoms with E-state index in [1.807, 2.05) is 12.3 Å². The van der Waals surface area contributed by atoms with Crippen molar-refractivity contribution in [2.24, 2.45) is 0 Å². The summed E-state index contributed by atoms with van der Waals surface area (Å²) in [6, 6.07) is 4.23. The van der Waals surface area contributed by atoms with E-state index in [9.17, 15) is 5.26 Å². The maximum atomic E-state index is 9.32. The molecule has 0 spiro atoms. The summed E-state index contributed by atoms with van der Waals surface area (Å²) in [4.78, 5) is 6.78. The van der Waals surface area contributed by atoms with Crippen LogP contribution < -0.4 is 0 Å². The molecule has 0 radical (unpaired) electrons. The van der Waals surface area contributed by atoms with Crippen LogP contribution in [0, 0.1) is 11.3 Å². The third-order valence-electron chi connectivity index (χ3n) is 3.24. The van der Waals surface area contributed by atoms with Gasteiger partial charge in [-0.1, -0.05) is 27.7 Å². The molecular formula is C16H25N3O. The van der Waals surface area contributed by atoms with Crippen molar-refractivity contribution in [2.45, 2.75) is 39.7 Å². The van der Waals surface area contributed by atoms with Gasteiger partial charge in [-0.2, -0.15) is 5.26 Å². The molecule has 0 saturated carbocycles. The van der Waals surface area contributed by atoms with Crippen LogP contribution in [0.15, 0.2) is 12.3 Å². The summed E-state index contributed by atoms with van der Waals surface area (Å²) in [5.41, 5.74) is 2.51. The number of methoxy groups -OCH3 is 1. The van der Waals surface area contributed by atoms with Gasteiger partial charge in [0, 0.05) is 31.8 Å². The molecule has 1 rings (SSSR count). The van der Waals surface area contributed by atoms with Gasteiger partial charge in [0.1, 0.15) is 6.07 Å². The number of pyridine rings is 1. The summed E-state index contributed by atoms with van der Waals surface area (Å²) >= 11 is 0. The van der Waals surface area contributed by atoms with E-state index >= 15 is 0 Å². The first-order valence-electron chi connectivity index (χ1n) is 7.03. The summed E-state index contributed by atoms with van der Waals surface area (Å²) in [7, 11) is 1.71. The van der Waals surface area contributed by atoms with E-state index in [4.69, 9.17) is 4.74 Å². The highest BCUT2D eigenvalue weighted by molar-refractivity contribution is 5.39. The van der Waals surface area contributed by atoms with Gasteiger partial charge in [-0.05, 0) is 18.2 Å². The van der Waals surface area contributed by atoms with Crippen LogP contribution in [0.5, 0.6) is 0 Å². The summed E-state index contributed by atoms with van der Waals surface area (Å²) in [5.74, 6) is 0. The Morgan fingerprint density at radius 3 is 2.60 bits per heavy atom. The van der Waals surface area contributed by atoms with Gasteiger partial charge < -0.3 is 4.74 Å². The second-order valence-electron chi connectivity index (χ2n) is 5.96. The molecule has 4 nitrogen and oxygen atoms in total. The van der Waals surface area contributed by atoms with Gasteiger partial charge >= 0.3 is 0 Å². The fraction of sp³-hybridized carbons (Fsp3) is 0.625. The van der Waals surface area contributed by atoms with E-state index < -0.39 is 0 Å². The minimum atomic E-state index is -0.107. The third kappa shape index (κ3) is 4.59. The minimum absolute atomic E-state index is 0.107. The first-order chi connectivity index (χ1) is 9.42. The highest BCUT2D eigenvalue weighted by Gasteiger charge is 2.20. The van der Waals surface area contributed by atoms with Crippen molar-refractivity contribution in [1.29, 1.82) is 5.26 Å². The molecule has 20 heavy (non-hydrogen) atoms. The lowest BCUT2D eigenvalue weighted by Crippen LogP contribution is -2.27. The molecule has 0 atom stereocenters. The predicted molar refractivity (Wildman–Crippen MR) is 80.5 cm³/mol. The normalized spacial score (nSPS) is 11.7. The summed E-state index contributed by atoms with van der Waals surface area (Å²) < 4.78 is 5.11. The zero-order valence-electron chi connectivity index (χ0n) is 13.2. The Morgan fingerprint density at radius 1 is 1.40 bits per heavy atom. The Balaban J connectivity index is 2.91. The van der Waals surface area contributed by atoms with E-state index in [2.05, 4.69) is 43.6 Å². The van der Waals surface area contributed by atoms with E-state index in [0.29, 0.717) is 12.2 Å². The number of ether oxygens (including phenoxy) is 1. The second-order valence-corrected chi connectivity index (χ2v) is 5.96. The van der Waals surface area contributed by atoms with Gasteiger partial charge in [0.25, 0.3) is 0 Å². The molecule has 1 heterocycles. The van der Waals surface area contributed by atoms with Crippen molar-refractivity contribution in [2.75, 3.05) is 26.8 Å². The minimum Gasteiger partial charge on any atom is -0.383 e. The van der Waals surface area contributed by atoms with Crippen molar-refractivity contribution in [3.05, 3.63) is 29.1 Å². The van der Waals surface area contributed by atoms with Gasteiger partial charge in [0.05, 0.1) is 17.9 Å². The summed E-state index contributed by atoms with van der Waals surface area (Å²) in [6.07, 6.45) is 1.89. The highest BCUT2D eigenvalue weighted by Crippen LogP contribution is 2.24. The smallest absolute Gasteiger partial charge is 0.101 e. The van der Waals surface area contributed by atoms with Gasteiger partial charge in [-0.25, -0.2) is 0 Å². The molecule has 1 aromatic rings. The average molecular weight is 275 g/mol. The Hall–Kier alpha value is -1.44. The molecule has 0 aliphatic carbocycles. The van der Waals surface area contributed by atoms with Crippen molar-refractivity contribution >= 4 is 0 Å². The molecule has 0 aliphatic heterocycles. The van der Waals surface area contributed by atoms with Gasteiger partial charge in [-0.15, -0.1) is 0 Å². The molecule has 0 fully saturated rings. The Labute approximate surface area is 122 Å². The molecule has 0 N–H and O–H groups in total. The standard InChI is InChI=1S/C16H25N3O/c1-6-19(7-8-20-5)12-13-9-14(10-17)15(18-11-13)16(2,3)4/h9,11H,6-8,12H2,1-5H3. The lowest BCUT2D eigenvalue weighted by molar-refractivity contribution is 0.147. The lowest BCUT2D eigenvalue weighted by Gasteiger charge is -2.22. The van der Waals surface area contributed by atoms with Crippen LogP contribution in [0.3, 0.4) is 0 Å². The van der Waals surface area contributed by atoms with Crippen LogP contribution in [0.25, 0.3) is 0 Å². The number of rotatable bonds is 6. The molecular weight excluding hydrogens is 250 g/mol. The molecule has 4 heteroatoms. The van der Waals surface area contributed by atoms with Crippen LogP contribution in [-0.2, 0) is 16.7 Å². The van der Waals surface area contributed by atoms with Crippen LogP contribution in [0.4, 0.5) is 0 Å². The Bertz CT molecular complexity index is 472. The zero-order chi connectivity index (χ0) is 15.2. The van der Waals surface area contributed by atoms with Crippen molar-refractivity contribution in [1.82, 2.24) is 9.88 Å². The monoisotopic (exact) mass is 275 g/mol. The van der Waals surface area contributed by atoms with Gasteiger partial charge in [0.15, 0.2) is 0 Å². The molecule has 0 amide bonds. The molecule has 0 unspecified atom stereocenters. The molecule has 1 aromatic heterocycles. The maximum absolute atomic E-state index is 9.32. The highest BCUT2D eigenvalue weighted by atomic mass is 16.5. The molecule has 110 valence electrons.